The number of benzene rings is 2. The molecule has 0 bridgehead atoms. The van der Waals surface area contributed by atoms with Gasteiger partial charge in [-0.1, -0.05) is 12.1 Å². The Balaban J connectivity index is 1.70. The molecule has 2 aromatic carbocycles. The topological polar surface area (TPSA) is 33.3 Å². The maximum absolute atomic E-state index is 13.2. The number of aryl methyl sites for hydroxylation is 1. The van der Waals surface area contributed by atoms with Crippen molar-refractivity contribution in [3.05, 3.63) is 59.4 Å². The van der Waals surface area contributed by atoms with Gasteiger partial charge < -0.3 is 15.4 Å². The first-order valence-electron chi connectivity index (χ1n) is 7.65. The standard InChI is InChI=1S/C18H19FN2OS/c1-22-15-8-9-16-12(10-15)4-2-7-17(16)21-18(23)20-14-6-3-5-13(19)11-14/h3,5-6,8-11,17H,2,4,7H2,1H3,(H2,20,21,23)/t17-/m1/s1. The predicted octanol–water partition coefficient (Wildman–Crippen LogP) is 4.20. The van der Waals surface area contributed by atoms with Gasteiger partial charge in [0.15, 0.2) is 5.11 Å². The van der Waals surface area contributed by atoms with Crippen molar-refractivity contribution in [2.24, 2.45) is 0 Å². The zero-order valence-corrected chi connectivity index (χ0v) is 13.8. The molecular formula is C18H19FN2OS. The summed E-state index contributed by atoms with van der Waals surface area (Å²) in [5, 5.41) is 6.88. The van der Waals surface area contributed by atoms with Gasteiger partial charge >= 0.3 is 0 Å². The Kier molecular flexibility index (Phi) is 4.76. The monoisotopic (exact) mass is 330 g/mol. The van der Waals surface area contributed by atoms with Crippen molar-refractivity contribution < 1.29 is 9.13 Å². The summed E-state index contributed by atoms with van der Waals surface area (Å²) in [5.74, 6) is 0.595. The fraction of sp³-hybridized carbons (Fsp3) is 0.278. The Morgan fingerprint density at radius 3 is 2.91 bits per heavy atom. The molecule has 0 saturated heterocycles. The molecule has 3 rings (SSSR count). The van der Waals surface area contributed by atoms with Crippen LogP contribution in [0.5, 0.6) is 5.75 Å². The molecule has 1 aliphatic rings. The van der Waals surface area contributed by atoms with Crippen LogP contribution in [-0.4, -0.2) is 12.2 Å². The third-order valence-corrected chi connectivity index (χ3v) is 4.27. The third-order valence-electron chi connectivity index (χ3n) is 4.05. The normalized spacial score (nSPS) is 16.3. The molecule has 0 fully saturated rings. The zero-order chi connectivity index (χ0) is 16.2. The van der Waals surface area contributed by atoms with E-state index in [2.05, 4.69) is 22.8 Å². The van der Waals surface area contributed by atoms with Crippen molar-refractivity contribution in [1.29, 1.82) is 0 Å². The highest BCUT2D eigenvalue weighted by Crippen LogP contribution is 2.32. The highest BCUT2D eigenvalue weighted by molar-refractivity contribution is 7.80. The van der Waals surface area contributed by atoms with Gasteiger partial charge in [0.05, 0.1) is 13.2 Å². The second-order valence-electron chi connectivity index (χ2n) is 5.62. The number of fused-ring (bicyclic) bond motifs is 1. The van der Waals surface area contributed by atoms with Gasteiger partial charge in [-0.25, -0.2) is 4.39 Å². The van der Waals surface area contributed by atoms with Crippen molar-refractivity contribution in [2.45, 2.75) is 25.3 Å². The van der Waals surface area contributed by atoms with Crippen LogP contribution in [0.25, 0.3) is 0 Å². The minimum absolute atomic E-state index is 0.165. The molecule has 0 heterocycles. The largest absolute Gasteiger partial charge is 0.497 e. The molecule has 0 saturated carbocycles. The molecule has 0 aliphatic heterocycles. The molecule has 2 aromatic rings. The maximum atomic E-state index is 13.2. The second kappa shape index (κ2) is 6.96. The van der Waals surface area contributed by atoms with Crippen LogP contribution in [0.1, 0.15) is 30.0 Å². The second-order valence-corrected chi connectivity index (χ2v) is 6.03. The van der Waals surface area contributed by atoms with Gasteiger partial charge in [0.2, 0.25) is 0 Å². The predicted molar refractivity (Wildman–Crippen MR) is 94.4 cm³/mol. The molecule has 0 radical (unpaired) electrons. The summed E-state index contributed by atoms with van der Waals surface area (Å²) < 4.78 is 18.5. The fourth-order valence-electron chi connectivity index (χ4n) is 2.96. The summed E-state index contributed by atoms with van der Waals surface area (Å²) in [4.78, 5) is 0. The van der Waals surface area contributed by atoms with Crippen LogP contribution in [-0.2, 0) is 6.42 Å². The molecule has 0 unspecified atom stereocenters. The van der Waals surface area contributed by atoms with Crippen LogP contribution in [0.4, 0.5) is 10.1 Å². The SMILES string of the molecule is COc1ccc2c(c1)CCC[C@H]2NC(=S)Nc1cccc(F)c1. The van der Waals surface area contributed by atoms with Crippen LogP contribution >= 0.6 is 12.2 Å². The zero-order valence-electron chi connectivity index (χ0n) is 12.9. The maximum Gasteiger partial charge on any atom is 0.171 e. The van der Waals surface area contributed by atoms with Gasteiger partial charge in [0, 0.05) is 5.69 Å². The Morgan fingerprint density at radius 2 is 2.13 bits per heavy atom. The van der Waals surface area contributed by atoms with Gasteiger partial charge in [0.1, 0.15) is 11.6 Å². The van der Waals surface area contributed by atoms with E-state index in [9.17, 15) is 4.39 Å². The van der Waals surface area contributed by atoms with E-state index in [1.807, 2.05) is 6.07 Å². The minimum atomic E-state index is -0.284. The van der Waals surface area contributed by atoms with Crippen LogP contribution in [0.2, 0.25) is 0 Å². The van der Waals surface area contributed by atoms with E-state index in [0.29, 0.717) is 10.8 Å². The Labute approximate surface area is 140 Å². The molecule has 5 heteroatoms. The Hall–Kier alpha value is -2.14. The van der Waals surface area contributed by atoms with Gasteiger partial charge in [-0.3, -0.25) is 0 Å². The number of nitrogens with one attached hydrogen (secondary N) is 2. The molecule has 0 spiro atoms. The molecular weight excluding hydrogens is 311 g/mol. The van der Waals surface area contributed by atoms with Crippen molar-refractivity contribution in [2.75, 3.05) is 12.4 Å². The van der Waals surface area contributed by atoms with E-state index in [0.717, 1.165) is 25.0 Å². The highest BCUT2D eigenvalue weighted by Gasteiger charge is 2.21. The summed E-state index contributed by atoms with van der Waals surface area (Å²) in [5.41, 5.74) is 3.19. The van der Waals surface area contributed by atoms with Crippen LogP contribution in [0, 0.1) is 5.82 Å². The molecule has 1 aliphatic carbocycles. The number of hydrogen-bond donors (Lipinski definition) is 2. The molecule has 0 aromatic heterocycles. The van der Waals surface area contributed by atoms with Crippen LogP contribution < -0.4 is 15.4 Å². The van der Waals surface area contributed by atoms with Crippen molar-refractivity contribution >= 4 is 23.0 Å². The molecule has 23 heavy (non-hydrogen) atoms. The summed E-state index contributed by atoms with van der Waals surface area (Å²) in [6.45, 7) is 0. The van der Waals surface area contributed by atoms with E-state index in [1.165, 1.54) is 23.3 Å². The number of methoxy groups -OCH3 is 1. The smallest absolute Gasteiger partial charge is 0.171 e. The first kappa shape index (κ1) is 15.7. The lowest BCUT2D eigenvalue weighted by Crippen LogP contribution is -2.34. The number of hydrogen-bond acceptors (Lipinski definition) is 2. The summed E-state index contributed by atoms with van der Waals surface area (Å²) in [7, 11) is 1.68. The van der Waals surface area contributed by atoms with E-state index < -0.39 is 0 Å². The number of anilines is 1. The average Bonchev–Trinajstić information content (AvgIpc) is 2.54. The lowest BCUT2D eigenvalue weighted by molar-refractivity contribution is 0.412. The lowest BCUT2D eigenvalue weighted by atomic mass is 9.87. The summed E-state index contributed by atoms with van der Waals surface area (Å²) >= 11 is 5.37. The van der Waals surface area contributed by atoms with E-state index in [1.54, 1.807) is 19.2 Å². The first-order valence-corrected chi connectivity index (χ1v) is 8.06. The highest BCUT2D eigenvalue weighted by atomic mass is 32.1. The number of rotatable bonds is 3. The molecule has 3 nitrogen and oxygen atoms in total. The van der Waals surface area contributed by atoms with E-state index >= 15 is 0 Å². The molecule has 1 atom stereocenters. The third kappa shape index (κ3) is 3.79. The molecule has 0 amide bonds. The Bertz CT molecular complexity index is 720. The molecule has 2 N–H and O–H groups in total. The van der Waals surface area contributed by atoms with E-state index in [-0.39, 0.29) is 11.9 Å². The van der Waals surface area contributed by atoms with Gasteiger partial charge in [0.25, 0.3) is 0 Å². The number of halogens is 1. The minimum Gasteiger partial charge on any atom is -0.497 e. The quantitative estimate of drug-likeness (QED) is 0.827. The van der Waals surface area contributed by atoms with Gasteiger partial charge in [-0.2, -0.15) is 0 Å². The number of thiocarbonyl (C=S) groups is 1. The summed E-state index contributed by atoms with van der Waals surface area (Å²) in [6.07, 6.45) is 3.17. The number of ether oxygens (including phenoxy) is 1. The van der Waals surface area contributed by atoms with E-state index in [4.69, 9.17) is 17.0 Å². The van der Waals surface area contributed by atoms with Crippen molar-refractivity contribution in [3.63, 3.8) is 0 Å². The van der Waals surface area contributed by atoms with Crippen LogP contribution in [0.15, 0.2) is 42.5 Å². The Morgan fingerprint density at radius 1 is 1.26 bits per heavy atom. The average molecular weight is 330 g/mol. The van der Waals surface area contributed by atoms with Crippen molar-refractivity contribution in [1.82, 2.24) is 5.32 Å². The summed E-state index contributed by atoms with van der Waals surface area (Å²) in [6, 6.07) is 12.6. The molecule has 120 valence electrons. The van der Waals surface area contributed by atoms with Gasteiger partial charge in [-0.15, -0.1) is 0 Å². The fourth-order valence-corrected chi connectivity index (χ4v) is 3.22. The van der Waals surface area contributed by atoms with Crippen LogP contribution in [0.3, 0.4) is 0 Å². The van der Waals surface area contributed by atoms with Gasteiger partial charge in [-0.05, 0) is 72.9 Å². The van der Waals surface area contributed by atoms with Crippen molar-refractivity contribution in [3.8, 4) is 5.75 Å². The lowest BCUT2D eigenvalue weighted by Gasteiger charge is -2.28. The first-order chi connectivity index (χ1) is 11.2.